The lowest BCUT2D eigenvalue weighted by Gasteiger charge is -2.03. The SMILES string of the molecule is CCCOc1cccc2s[c]nc12. The molecule has 0 saturated heterocycles. The first-order chi connectivity index (χ1) is 6.42. The number of hydrogen-bond donors (Lipinski definition) is 0. The normalized spacial score (nSPS) is 10.5. The largest absolute Gasteiger partial charge is 0.491 e. The van der Waals surface area contributed by atoms with Gasteiger partial charge in [0.15, 0.2) is 5.51 Å². The van der Waals surface area contributed by atoms with Gasteiger partial charge in [0.1, 0.15) is 11.3 Å². The summed E-state index contributed by atoms with van der Waals surface area (Å²) in [6.07, 6.45) is 1.02. The third-order valence-electron chi connectivity index (χ3n) is 1.74. The predicted octanol–water partition coefficient (Wildman–Crippen LogP) is 2.89. The number of aromatic nitrogens is 1. The van der Waals surface area contributed by atoms with E-state index in [0.29, 0.717) is 0 Å². The van der Waals surface area contributed by atoms with Gasteiger partial charge < -0.3 is 4.74 Å². The molecule has 0 aliphatic rings. The van der Waals surface area contributed by atoms with E-state index in [2.05, 4.69) is 17.4 Å². The molecule has 0 fully saturated rings. The van der Waals surface area contributed by atoms with E-state index in [1.54, 1.807) is 0 Å². The minimum atomic E-state index is 0.747. The van der Waals surface area contributed by atoms with Gasteiger partial charge in [0.05, 0.1) is 11.3 Å². The summed E-state index contributed by atoms with van der Waals surface area (Å²) in [5, 5.41) is 0. The molecule has 2 rings (SSSR count). The molecule has 0 spiro atoms. The van der Waals surface area contributed by atoms with E-state index in [4.69, 9.17) is 4.74 Å². The maximum atomic E-state index is 5.55. The molecule has 2 nitrogen and oxygen atoms in total. The van der Waals surface area contributed by atoms with E-state index < -0.39 is 0 Å². The molecule has 0 atom stereocenters. The third-order valence-corrected chi connectivity index (χ3v) is 2.47. The quantitative estimate of drug-likeness (QED) is 0.746. The average molecular weight is 192 g/mol. The topological polar surface area (TPSA) is 22.1 Å². The number of fused-ring (bicyclic) bond motifs is 1. The average Bonchev–Trinajstić information content (AvgIpc) is 2.62. The number of hydrogen-bond acceptors (Lipinski definition) is 3. The highest BCUT2D eigenvalue weighted by Gasteiger charge is 2.03. The van der Waals surface area contributed by atoms with E-state index in [9.17, 15) is 0 Å². The molecule has 1 radical (unpaired) electrons. The standard InChI is InChI=1S/C10H10NOS/c1-2-6-12-8-4-3-5-9-10(8)11-7-13-9/h3-5H,2,6H2,1H3. The first kappa shape index (κ1) is 8.51. The number of nitrogens with zero attached hydrogens (tertiary/aromatic N) is 1. The van der Waals surface area contributed by atoms with Crippen LogP contribution in [-0.2, 0) is 0 Å². The lowest BCUT2D eigenvalue weighted by molar-refractivity contribution is 0.320. The minimum absolute atomic E-state index is 0.747. The fraction of sp³-hybridized carbons (Fsp3) is 0.300. The second kappa shape index (κ2) is 3.75. The van der Waals surface area contributed by atoms with Crippen molar-refractivity contribution in [2.24, 2.45) is 0 Å². The molecule has 0 unspecified atom stereocenters. The Labute approximate surface area is 81.2 Å². The summed E-state index contributed by atoms with van der Waals surface area (Å²) in [5.41, 5.74) is 3.80. The molecule has 2 aromatic rings. The molecule has 0 bridgehead atoms. The van der Waals surface area contributed by atoms with Gasteiger partial charge in [-0.25, -0.2) is 4.98 Å². The second-order valence-corrected chi connectivity index (χ2v) is 3.58. The summed E-state index contributed by atoms with van der Waals surface area (Å²) in [6.45, 7) is 2.84. The molecule has 0 saturated carbocycles. The van der Waals surface area contributed by atoms with Gasteiger partial charge in [0.25, 0.3) is 0 Å². The van der Waals surface area contributed by atoms with Crippen LogP contribution in [0.1, 0.15) is 13.3 Å². The highest BCUT2D eigenvalue weighted by Crippen LogP contribution is 2.26. The van der Waals surface area contributed by atoms with Gasteiger partial charge in [-0.05, 0) is 18.6 Å². The van der Waals surface area contributed by atoms with Crippen LogP contribution in [0.5, 0.6) is 5.75 Å². The molecule has 0 aliphatic carbocycles. The second-order valence-electron chi connectivity index (χ2n) is 2.76. The van der Waals surface area contributed by atoms with Crippen LogP contribution in [0.3, 0.4) is 0 Å². The van der Waals surface area contributed by atoms with Gasteiger partial charge in [-0.1, -0.05) is 13.0 Å². The molecular formula is C10H10NOS. The van der Waals surface area contributed by atoms with E-state index in [1.165, 1.54) is 11.3 Å². The smallest absolute Gasteiger partial charge is 0.153 e. The van der Waals surface area contributed by atoms with E-state index >= 15 is 0 Å². The van der Waals surface area contributed by atoms with Crippen molar-refractivity contribution in [3.8, 4) is 5.75 Å². The van der Waals surface area contributed by atoms with Crippen molar-refractivity contribution in [2.45, 2.75) is 13.3 Å². The molecule has 0 N–H and O–H groups in total. The zero-order chi connectivity index (χ0) is 9.10. The number of para-hydroxylation sites is 1. The summed E-state index contributed by atoms with van der Waals surface area (Å²) < 4.78 is 6.68. The summed E-state index contributed by atoms with van der Waals surface area (Å²) in [5.74, 6) is 0.872. The Morgan fingerprint density at radius 1 is 1.54 bits per heavy atom. The first-order valence-electron chi connectivity index (χ1n) is 4.30. The monoisotopic (exact) mass is 192 g/mol. The van der Waals surface area contributed by atoms with Crippen LogP contribution in [0.25, 0.3) is 10.2 Å². The molecule has 1 aromatic carbocycles. The number of benzene rings is 1. The van der Waals surface area contributed by atoms with E-state index in [0.717, 1.165) is 29.0 Å². The summed E-state index contributed by atoms with van der Waals surface area (Å²) in [4.78, 5) is 4.14. The van der Waals surface area contributed by atoms with Gasteiger partial charge in [-0.3, -0.25) is 0 Å². The zero-order valence-corrected chi connectivity index (χ0v) is 8.23. The van der Waals surface area contributed by atoms with Crippen molar-refractivity contribution in [3.05, 3.63) is 23.7 Å². The van der Waals surface area contributed by atoms with E-state index in [-0.39, 0.29) is 0 Å². The molecule has 1 aromatic heterocycles. The van der Waals surface area contributed by atoms with Crippen LogP contribution in [0.15, 0.2) is 18.2 Å². The zero-order valence-electron chi connectivity index (χ0n) is 7.41. The summed E-state index contributed by atoms with van der Waals surface area (Å²) >= 11 is 1.52. The fourth-order valence-electron chi connectivity index (χ4n) is 1.14. The number of rotatable bonds is 3. The van der Waals surface area contributed by atoms with E-state index in [1.807, 2.05) is 18.2 Å². The number of thiazole rings is 1. The minimum Gasteiger partial charge on any atom is -0.491 e. The van der Waals surface area contributed by atoms with Crippen LogP contribution in [0, 0.1) is 5.51 Å². The highest BCUT2D eigenvalue weighted by atomic mass is 32.1. The Kier molecular flexibility index (Phi) is 2.45. The molecule has 0 amide bonds. The van der Waals surface area contributed by atoms with Crippen LogP contribution in [0.2, 0.25) is 0 Å². The lowest BCUT2D eigenvalue weighted by Crippen LogP contribution is -1.95. The van der Waals surface area contributed by atoms with Crippen LogP contribution in [-0.4, -0.2) is 11.6 Å². The molecule has 0 aliphatic heterocycles. The van der Waals surface area contributed by atoms with Crippen molar-refractivity contribution in [1.82, 2.24) is 4.98 Å². The fourth-order valence-corrected chi connectivity index (χ4v) is 1.77. The Hall–Kier alpha value is -1.09. The molecule has 3 heteroatoms. The van der Waals surface area contributed by atoms with Crippen molar-refractivity contribution in [3.63, 3.8) is 0 Å². The Bertz CT molecular complexity index is 396. The van der Waals surface area contributed by atoms with Crippen LogP contribution >= 0.6 is 11.3 Å². The molecule has 13 heavy (non-hydrogen) atoms. The Balaban J connectivity index is 2.37. The van der Waals surface area contributed by atoms with Crippen LogP contribution in [0.4, 0.5) is 0 Å². The van der Waals surface area contributed by atoms with Gasteiger partial charge in [-0.2, -0.15) is 0 Å². The van der Waals surface area contributed by atoms with Crippen molar-refractivity contribution in [2.75, 3.05) is 6.61 Å². The lowest BCUT2D eigenvalue weighted by atomic mass is 10.3. The Morgan fingerprint density at radius 3 is 3.31 bits per heavy atom. The third kappa shape index (κ3) is 1.65. The Morgan fingerprint density at radius 2 is 2.46 bits per heavy atom. The van der Waals surface area contributed by atoms with Crippen molar-refractivity contribution in [1.29, 1.82) is 0 Å². The molecular weight excluding hydrogens is 182 g/mol. The molecule has 67 valence electrons. The van der Waals surface area contributed by atoms with Gasteiger partial charge >= 0.3 is 0 Å². The summed E-state index contributed by atoms with van der Waals surface area (Å²) in [6, 6.07) is 5.97. The highest BCUT2D eigenvalue weighted by molar-refractivity contribution is 7.16. The predicted molar refractivity (Wildman–Crippen MR) is 54.2 cm³/mol. The number of ether oxygens (including phenoxy) is 1. The maximum absolute atomic E-state index is 5.55. The first-order valence-corrected chi connectivity index (χ1v) is 5.12. The van der Waals surface area contributed by atoms with Gasteiger partial charge in [-0.15, -0.1) is 11.3 Å². The van der Waals surface area contributed by atoms with Crippen molar-refractivity contribution < 1.29 is 4.74 Å². The maximum Gasteiger partial charge on any atom is 0.153 e. The van der Waals surface area contributed by atoms with Gasteiger partial charge in [0, 0.05) is 0 Å². The van der Waals surface area contributed by atoms with Gasteiger partial charge in [0.2, 0.25) is 0 Å². The molecule has 1 heterocycles. The van der Waals surface area contributed by atoms with Crippen LogP contribution < -0.4 is 4.74 Å². The summed E-state index contributed by atoms with van der Waals surface area (Å²) in [7, 11) is 0. The van der Waals surface area contributed by atoms with Crippen molar-refractivity contribution >= 4 is 21.6 Å².